The first-order valence-electron chi connectivity index (χ1n) is 10.9. The van der Waals surface area contributed by atoms with E-state index in [4.69, 9.17) is 11.5 Å². The highest BCUT2D eigenvalue weighted by Gasteiger charge is 2.30. The Morgan fingerprint density at radius 2 is 1.46 bits per heavy atom. The van der Waals surface area contributed by atoms with Gasteiger partial charge in [0.15, 0.2) is 0 Å². The summed E-state index contributed by atoms with van der Waals surface area (Å²) in [5.41, 5.74) is 11.2. The molecule has 0 heterocycles. The zero-order chi connectivity index (χ0) is 26.5. The minimum absolute atomic E-state index is 0.00641. The van der Waals surface area contributed by atoms with Crippen molar-refractivity contribution in [2.24, 2.45) is 11.5 Å². The predicted molar refractivity (Wildman–Crippen MR) is 130 cm³/mol. The van der Waals surface area contributed by atoms with Gasteiger partial charge in [-0.15, -0.1) is 0 Å². The second-order valence-corrected chi connectivity index (χ2v) is 8.95. The molecule has 4 unspecified atom stereocenters. The van der Waals surface area contributed by atoms with Crippen molar-refractivity contribution in [3.63, 3.8) is 0 Å². The van der Waals surface area contributed by atoms with E-state index in [1.54, 1.807) is 12.1 Å². The van der Waals surface area contributed by atoms with Crippen LogP contribution in [0.4, 0.5) is 0 Å². The number of carboxylic acid groups (broad SMARTS) is 1. The van der Waals surface area contributed by atoms with Gasteiger partial charge < -0.3 is 37.6 Å². The van der Waals surface area contributed by atoms with Gasteiger partial charge in [-0.2, -0.15) is 11.8 Å². The first-order valence-corrected chi connectivity index (χ1v) is 12.3. The van der Waals surface area contributed by atoms with E-state index < -0.39 is 53.8 Å². The molecule has 0 aromatic heterocycles. The third-order valence-electron chi connectivity index (χ3n) is 4.96. The second-order valence-electron chi connectivity index (χ2n) is 7.97. The Bertz CT molecular complexity index is 895. The molecule has 1 aromatic rings. The highest BCUT2D eigenvalue weighted by molar-refractivity contribution is 7.98. The van der Waals surface area contributed by atoms with Crippen LogP contribution in [0.3, 0.4) is 0 Å². The zero-order valence-electron chi connectivity index (χ0n) is 19.7. The van der Waals surface area contributed by atoms with Gasteiger partial charge in [-0.05, 0) is 49.5 Å². The standard InChI is InChI=1S/C22H33N5O7S/c1-12(23)19(30)25-15(9-10-35-2)20(31)27-17(11-13-3-5-14(28)6-4-13)21(32)26-16(22(33)34)7-8-18(24)29/h3-6,12,15-17,28H,7-11,23H2,1-2H3,(H2,24,29)(H,25,30)(H,26,32)(H,27,31)(H,33,34). The molecule has 0 saturated heterocycles. The quantitative estimate of drug-likeness (QED) is 0.151. The number of nitrogens with one attached hydrogen (secondary N) is 3. The summed E-state index contributed by atoms with van der Waals surface area (Å²) >= 11 is 1.46. The number of thioether (sulfide) groups is 1. The summed E-state index contributed by atoms with van der Waals surface area (Å²) in [7, 11) is 0. The molecule has 0 bridgehead atoms. The molecular formula is C22H33N5O7S. The summed E-state index contributed by atoms with van der Waals surface area (Å²) in [6, 6.07) is 1.47. The number of rotatable bonds is 15. The summed E-state index contributed by atoms with van der Waals surface area (Å²) < 4.78 is 0. The number of primary amides is 1. The van der Waals surface area contributed by atoms with Gasteiger partial charge in [0.25, 0.3) is 0 Å². The van der Waals surface area contributed by atoms with Crippen LogP contribution in [-0.4, -0.2) is 76.0 Å². The fourth-order valence-electron chi connectivity index (χ4n) is 2.97. The lowest BCUT2D eigenvalue weighted by atomic mass is 10.0. The maximum absolute atomic E-state index is 13.0. The molecule has 4 amide bonds. The van der Waals surface area contributed by atoms with Crippen LogP contribution in [0.1, 0.15) is 31.7 Å². The monoisotopic (exact) mass is 511 g/mol. The molecule has 0 aliphatic heterocycles. The molecule has 12 nitrogen and oxygen atoms in total. The first kappa shape index (κ1) is 29.7. The Kier molecular flexibility index (Phi) is 12.6. The second kappa shape index (κ2) is 14.8. The lowest BCUT2D eigenvalue weighted by Gasteiger charge is -2.25. The molecule has 0 aliphatic rings. The van der Waals surface area contributed by atoms with Gasteiger partial charge in [-0.1, -0.05) is 12.1 Å². The molecule has 0 spiro atoms. The summed E-state index contributed by atoms with van der Waals surface area (Å²) in [6.07, 6.45) is 1.59. The fraction of sp³-hybridized carbons (Fsp3) is 0.500. The first-order chi connectivity index (χ1) is 16.4. The van der Waals surface area contributed by atoms with Gasteiger partial charge in [0, 0.05) is 12.8 Å². The number of amides is 4. The van der Waals surface area contributed by atoms with Crippen molar-refractivity contribution in [3.8, 4) is 5.75 Å². The van der Waals surface area contributed by atoms with Crippen molar-refractivity contribution in [3.05, 3.63) is 29.8 Å². The van der Waals surface area contributed by atoms with Gasteiger partial charge in [-0.25, -0.2) is 4.79 Å². The molecular weight excluding hydrogens is 478 g/mol. The lowest BCUT2D eigenvalue weighted by Crippen LogP contribution is -2.57. The van der Waals surface area contributed by atoms with Crippen molar-refractivity contribution >= 4 is 41.4 Å². The Morgan fingerprint density at radius 1 is 0.914 bits per heavy atom. The molecule has 13 heteroatoms. The van der Waals surface area contributed by atoms with Crippen molar-refractivity contribution in [1.82, 2.24) is 16.0 Å². The predicted octanol–water partition coefficient (Wildman–Crippen LogP) is -1.16. The molecule has 9 N–H and O–H groups in total. The average molecular weight is 512 g/mol. The van der Waals surface area contributed by atoms with Gasteiger partial charge >= 0.3 is 5.97 Å². The number of phenolic OH excluding ortho intramolecular Hbond substituents is 1. The highest BCUT2D eigenvalue weighted by atomic mass is 32.2. The van der Waals surface area contributed by atoms with Crippen LogP contribution in [0.25, 0.3) is 0 Å². The van der Waals surface area contributed by atoms with Crippen molar-refractivity contribution < 1.29 is 34.2 Å². The number of phenols is 1. The maximum atomic E-state index is 13.0. The van der Waals surface area contributed by atoms with Crippen LogP contribution >= 0.6 is 11.8 Å². The highest BCUT2D eigenvalue weighted by Crippen LogP contribution is 2.12. The Hall–Kier alpha value is -3.32. The molecule has 0 fully saturated rings. The number of benzene rings is 1. The van der Waals surface area contributed by atoms with Gasteiger partial charge in [0.05, 0.1) is 6.04 Å². The summed E-state index contributed by atoms with van der Waals surface area (Å²) in [6.45, 7) is 1.47. The van der Waals surface area contributed by atoms with Crippen molar-refractivity contribution in [2.45, 2.75) is 56.8 Å². The van der Waals surface area contributed by atoms with Crippen molar-refractivity contribution in [2.75, 3.05) is 12.0 Å². The topological polar surface area (TPSA) is 214 Å². The van der Waals surface area contributed by atoms with Crippen molar-refractivity contribution in [1.29, 1.82) is 0 Å². The minimum atomic E-state index is -1.40. The molecule has 194 valence electrons. The third-order valence-corrected chi connectivity index (χ3v) is 5.60. The number of carbonyl (C=O) groups is 5. The molecule has 0 saturated carbocycles. The third kappa shape index (κ3) is 11.1. The van der Waals surface area contributed by atoms with Gasteiger partial charge in [-0.3, -0.25) is 19.2 Å². The van der Waals surface area contributed by atoms with Gasteiger partial charge in [0.1, 0.15) is 23.9 Å². The number of carbonyl (C=O) groups excluding carboxylic acids is 4. The Morgan fingerprint density at radius 3 is 1.97 bits per heavy atom. The number of hydrogen-bond donors (Lipinski definition) is 7. The molecule has 1 rings (SSSR count). The van der Waals surface area contributed by atoms with E-state index in [1.807, 2.05) is 6.26 Å². The van der Waals surface area contributed by atoms with E-state index in [1.165, 1.54) is 30.8 Å². The van der Waals surface area contributed by atoms with E-state index >= 15 is 0 Å². The van der Waals surface area contributed by atoms with Crippen LogP contribution in [0, 0.1) is 0 Å². The minimum Gasteiger partial charge on any atom is -0.508 e. The molecule has 0 radical (unpaired) electrons. The smallest absolute Gasteiger partial charge is 0.326 e. The van der Waals surface area contributed by atoms with Crippen LogP contribution in [-0.2, 0) is 30.4 Å². The Labute approximate surface area is 207 Å². The maximum Gasteiger partial charge on any atom is 0.326 e. The number of aromatic hydroxyl groups is 1. The largest absolute Gasteiger partial charge is 0.508 e. The lowest BCUT2D eigenvalue weighted by molar-refractivity contribution is -0.142. The van der Waals surface area contributed by atoms with Crippen LogP contribution in [0.15, 0.2) is 24.3 Å². The Balaban J connectivity index is 3.12. The number of aliphatic carboxylic acids is 1. The molecule has 35 heavy (non-hydrogen) atoms. The number of carboxylic acids is 1. The summed E-state index contributed by atoms with van der Waals surface area (Å²) in [5, 5.41) is 26.4. The van der Waals surface area contributed by atoms with E-state index in [2.05, 4.69) is 16.0 Å². The van der Waals surface area contributed by atoms with E-state index in [-0.39, 0.29) is 31.4 Å². The normalized spacial score (nSPS) is 14.1. The number of hydrogen-bond acceptors (Lipinski definition) is 8. The fourth-order valence-corrected chi connectivity index (χ4v) is 3.44. The molecule has 0 aliphatic carbocycles. The van der Waals surface area contributed by atoms with E-state index in [0.717, 1.165) is 0 Å². The van der Waals surface area contributed by atoms with Gasteiger partial charge in [0.2, 0.25) is 23.6 Å². The zero-order valence-corrected chi connectivity index (χ0v) is 20.5. The summed E-state index contributed by atoms with van der Waals surface area (Å²) in [4.78, 5) is 60.7. The average Bonchev–Trinajstić information content (AvgIpc) is 2.79. The van der Waals surface area contributed by atoms with Crippen LogP contribution in [0.5, 0.6) is 5.75 Å². The molecule has 1 aromatic carbocycles. The van der Waals surface area contributed by atoms with Crippen LogP contribution < -0.4 is 27.4 Å². The SMILES string of the molecule is CSCCC(NC(=O)C(C)N)C(=O)NC(Cc1ccc(O)cc1)C(=O)NC(CCC(N)=O)C(=O)O. The van der Waals surface area contributed by atoms with E-state index in [9.17, 15) is 34.2 Å². The van der Waals surface area contributed by atoms with Crippen LogP contribution in [0.2, 0.25) is 0 Å². The molecule has 4 atom stereocenters. The summed E-state index contributed by atoms with van der Waals surface area (Å²) in [5.74, 6) is -3.52. The van der Waals surface area contributed by atoms with E-state index in [0.29, 0.717) is 11.3 Å². The number of nitrogens with two attached hydrogens (primary N) is 2.